The largest absolute Gasteiger partial charge is 0.0863 e. The van der Waals surface area contributed by atoms with E-state index in [1.807, 2.05) is 0 Å². The zero-order chi connectivity index (χ0) is 7.45. The van der Waals surface area contributed by atoms with Crippen LogP contribution in [0.1, 0.15) is 19.8 Å². The van der Waals surface area contributed by atoms with Gasteiger partial charge < -0.3 is 0 Å². The third-order valence-corrected chi connectivity index (χ3v) is 2.44. The molecule has 1 heteroatoms. The first-order valence-corrected chi connectivity index (χ1v) is 5.21. The van der Waals surface area contributed by atoms with Crippen molar-refractivity contribution in [1.29, 1.82) is 0 Å². The summed E-state index contributed by atoms with van der Waals surface area (Å²) >= 11 is 2.43. The summed E-state index contributed by atoms with van der Waals surface area (Å²) < 4.78 is 1.24. The maximum Gasteiger partial charge on any atom is 0.00402 e. The Labute approximate surface area is 76.5 Å². The van der Waals surface area contributed by atoms with Gasteiger partial charge in [-0.05, 0) is 12.8 Å². The fourth-order valence-electron chi connectivity index (χ4n) is 1.18. The van der Waals surface area contributed by atoms with Gasteiger partial charge in [-0.3, -0.25) is 0 Å². The average Bonchev–Trinajstić information content (AvgIpc) is 1.89. The molecule has 0 saturated carbocycles. The highest BCUT2D eigenvalue weighted by atomic mass is 127. The fraction of sp³-hybridized carbons (Fsp3) is 0.556. The van der Waals surface area contributed by atoms with Gasteiger partial charge in [-0.1, -0.05) is 53.8 Å². The second-order valence-corrected chi connectivity index (χ2v) is 4.06. The number of allylic oxidation sites excluding steroid dienone is 4. The summed E-state index contributed by atoms with van der Waals surface area (Å²) in [6.07, 6.45) is 11.5. The minimum atomic E-state index is 0.361. The third-order valence-electron chi connectivity index (χ3n) is 1.90. The molecule has 0 spiro atoms. The molecular formula is C9H13I. The van der Waals surface area contributed by atoms with Crippen molar-refractivity contribution >= 4 is 22.6 Å². The molecule has 0 fully saturated rings. The second-order valence-electron chi connectivity index (χ2n) is 2.99. The van der Waals surface area contributed by atoms with Gasteiger partial charge in [0.15, 0.2) is 0 Å². The average molecular weight is 248 g/mol. The quantitative estimate of drug-likeness (QED) is 0.399. The lowest BCUT2D eigenvalue weighted by atomic mass is 9.84. The fourth-order valence-corrected chi connectivity index (χ4v) is 2.34. The van der Waals surface area contributed by atoms with Crippen molar-refractivity contribution in [1.82, 2.24) is 0 Å². The van der Waals surface area contributed by atoms with Crippen LogP contribution in [0.15, 0.2) is 24.3 Å². The summed E-state index contributed by atoms with van der Waals surface area (Å²) in [6, 6.07) is 0. The van der Waals surface area contributed by atoms with Crippen LogP contribution in [-0.4, -0.2) is 4.43 Å². The normalized spacial score (nSPS) is 21.4. The zero-order valence-electron chi connectivity index (χ0n) is 6.31. The Morgan fingerprint density at radius 2 is 2.00 bits per heavy atom. The van der Waals surface area contributed by atoms with Gasteiger partial charge in [0.25, 0.3) is 0 Å². The Kier molecular flexibility index (Phi) is 2.96. The third kappa shape index (κ3) is 2.11. The van der Waals surface area contributed by atoms with E-state index < -0.39 is 0 Å². The minimum Gasteiger partial charge on any atom is -0.0863 e. The van der Waals surface area contributed by atoms with Crippen molar-refractivity contribution in [2.24, 2.45) is 5.41 Å². The molecule has 0 aromatic rings. The molecule has 0 aliphatic heterocycles. The lowest BCUT2D eigenvalue weighted by Gasteiger charge is -2.22. The van der Waals surface area contributed by atoms with Crippen LogP contribution < -0.4 is 0 Å². The molecule has 0 nitrogen and oxygen atoms in total. The van der Waals surface area contributed by atoms with Gasteiger partial charge in [-0.15, -0.1) is 0 Å². The molecule has 0 unspecified atom stereocenters. The Morgan fingerprint density at radius 1 is 1.40 bits per heavy atom. The molecule has 0 aromatic heterocycles. The van der Waals surface area contributed by atoms with E-state index in [0.29, 0.717) is 5.41 Å². The molecule has 1 aliphatic rings. The minimum absolute atomic E-state index is 0.361. The van der Waals surface area contributed by atoms with E-state index in [1.54, 1.807) is 0 Å². The number of alkyl halides is 1. The Balaban J connectivity index is 2.56. The van der Waals surface area contributed by atoms with Crippen LogP contribution in [0.2, 0.25) is 0 Å². The zero-order valence-corrected chi connectivity index (χ0v) is 8.47. The van der Waals surface area contributed by atoms with E-state index in [4.69, 9.17) is 0 Å². The number of halogens is 1. The van der Waals surface area contributed by atoms with Gasteiger partial charge in [0.1, 0.15) is 0 Å². The molecule has 0 saturated heterocycles. The van der Waals surface area contributed by atoms with Crippen LogP contribution in [0, 0.1) is 5.41 Å². The van der Waals surface area contributed by atoms with Crippen LogP contribution in [0.3, 0.4) is 0 Å². The molecule has 0 atom stereocenters. The number of hydrogen-bond donors (Lipinski definition) is 0. The van der Waals surface area contributed by atoms with E-state index >= 15 is 0 Å². The predicted molar refractivity (Wildman–Crippen MR) is 54.5 cm³/mol. The summed E-state index contributed by atoms with van der Waals surface area (Å²) in [6.45, 7) is 2.29. The van der Waals surface area contributed by atoms with Crippen molar-refractivity contribution in [3.8, 4) is 0 Å². The molecule has 56 valence electrons. The highest BCUT2D eigenvalue weighted by Gasteiger charge is 2.16. The molecule has 10 heavy (non-hydrogen) atoms. The standard InChI is InChI=1S/C9H13I/c1-9(7-8-10)5-3-2-4-6-9/h3-6H,2,7-8H2,1H3. The van der Waals surface area contributed by atoms with Gasteiger partial charge in [0, 0.05) is 9.84 Å². The van der Waals surface area contributed by atoms with Crippen molar-refractivity contribution in [2.75, 3.05) is 4.43 Å². The van der Waals surface area contributed by atoms with Gasteiger partial charge in [-0.2, -0.15) is 0 Å². The second kappa shape index (κ2) is 3.56. The Morgan fingerprint density at radius 3 is 2.50 bits per heavy atom. The van der Waals surface area contributed by atoms with E-state index in [1.165, 1.54) is 10.8 Å². The molecule has 0 bridgehead atoms. The topological polar surface area (TPSA) is 0 Å². The molecule has 0 N–H and O–H groups in total. The molecular weight excluding hydrogens is 235 g/mol. The predicted octanol–water partition coefficient (Wildman–Crippen LogP) is 3.33. The summed E-state index contributed by atoms with van der Waals surface area (Å²) in [4.78, 5) is 0. The van der Waals surface area contributed by atoms with Crippen LogP contribution in [0.25, 0.3) is 0 Å². The summed E-state index contributed by atoms with van der Waals surface area (Å²) in [5, 5.41) is 0. The molecule has 0 radical (unpaired) electrons. The van der Waals surface area contributed by atoms with Crippen molar-refractivity contribution in [3.05, 3.63) is 24.3 Å². The van der Waals surface area contributed by atoms with Crippen LogP contribution in [0.4, 0.5) is 0 Å². The van der Waals surface area contributed by atoms with Gasteiger partial charge in [0.05, 0.1) is 0 Å². The highest BCUT2D eigenvalue weighted by molar-refractivity contribution is 14.1. The first-order valence-electron chi connectivity index (χ1n) is 3.68. The van der Waals surface area contributed by atoms with Crippen LogP contribution in [0.5, 0.6) is 0 Å². The SMILES string of the molecule is CC1(CCI)C=CCC=C1. The molecule has 0 heterocycles. The maximum atomic E-state index is 2.43. The first-order chi connectivity index (χ1) is 4.77. The number of hydrogen-bond acceptors (Lipinski definition) is 0. The van der Waals surface area contributed by atoms with Gasteiger partial charge in [0.2, 0.25) is 0 Å². The Bertz CT molecular complexity index is 144. The van der Waals surface area contributed by atoms with E-state index in [-0.39, 0.29) is 0 Å². The van der Waals surface area contributed by atoms with E-state index in [9.17, 15) is 0 Å². The van der Waals surface area contributed by atoms with Crippen molar-refractivity contribution in [2.45, 2.75) is 19.8 Å². The lowest BCUT2D eigenvalue weighted by Crippen LogP contribution is -2.11. The van der Waals surface area contributed by atoms with Gasteiger partial charge >= 0.3 is 0 Å². The van der Waals surface area contributed by atoms with Crippen LogP contribution in [-0.2, 0) is 0 Å². The summed E-state index contributed by atoms with van der Waals surface area (Å²) in [7, 11) is 0. The maximum absolute atomic E-state index is 2.43. The van der Waals surface area contributed by atoms with Crippen molar-refractivity contribution < 1.29 is 0 Å². The summed E-state index contributed by atoms with van der Waals surface area (Å²) in [5.41, 5.74) is 0.361. The van der Waals surface area contributed by atoms with Gasteiger partial charge in [-0.25, -0.2) is 0 Å². The smallest absolute Gasteiger partial charge is 0.00402 e. The summed E-state index contributed by atoms with van der Waals surface area (Å²) in [5.74, 6) is 0. The molecule has 1 aliphatic carbocycles. The van der Waals surface area contributed by atoms with Crippen LogP contribution >= 0.6 is 22.6 Å². The molecule has 0 aromatic carbocycles. The van der Waals surface area contributed by atoms with Crippen molar-refractivity contribution in [3.63, 3.8) is 0 Å². The Hall–Kier alpha value is 0.210. The monoisotopic (exact) mass is 248 g/mol. The molecule has 0 amide bonds. The van der Waals surface area contributed by atoms with E-state index in [0.717, 1.165) is 6.42 Å². The highest BCUT2D eigenvalue weighted by Crippen LogP contribution is 2.28. The first kappa shape index (κ1) is 8.31. The molecule has 1 rings (SSSR count). The van der Waals surface area contributed by atoms with E-state index in [2.05, 4.69) is 53.8 Å². The number of rotatable bonds is 2. The lowest BCUT2D eigenvalue weighted by molar-refractivity contribution is 0.531.